The molecule has 3 aromatic rings. The van der Waals surface area contributed by atoms with E-state index < -0.39 is 23.7 Å². The summed E-state index contributed by atoms with van der Waals surface area (Å²) in [6.45, 7) is 2.34. The number of carbonyl (C=O) groups excluding carboxylic acids is 3. The molecule has 1 aliphatic rings. The second-order valence-corrected chi connectivity index (χ2v) is 8.14. The fourth-order valence-corrected chi connectivity index (χ4v) is 4.12. The van der Waals surface area contributed by atoms with Crippen LogP contribution >= 0.6 is 0 Å². The standard InChI is InChI=1S/C28H25NO7/c1-3-36-22-14-8-19(9-15-22)26(32)24-25(18-6-12-21(30)13-7-18)29(28(34)27(24)33)20-10-4-17(5-11-20)16-23(31)35-2/h4-15,25,30,32H,3,16H2,1-2H3/b26-24+. The number of phenolic OH excluding ortho intramolecular Hbond substituents is 1. The van der Waals surface area contributed by atoms with E-state index in [9.17, 15) is 24.6 Å². The summed E-state index contributed by atoms with van der Waals surface area (Å²) in [5, 5.41) is 21.0. The molecule has 36 heavy (non-hydrogen) atoms. The minimum atomic E-state index is -0.941. The van der Waals surface area contributed by atoms with E-state index in [2.05, 4.69) is 0 Å². The average molecular weight is 488 g/mol. The molecule has 4 rings (SSSR count). The number of aliphatic hydroxyl groups is 1. The van der Waals surface area contributed by atoms with Crippen molar-refractivity contribution in [3.8, 4) is 11.5 Å². The zero-order chi connectivity index (χ0) is 25.8. The Labute approximate surface area is 208 Å². The van der Waals surface area contributed by atoms with Crippen molar-refractivity contribution in [2.75, 3.05) is 18.6 Å². The summed E-state index contributed by atoms with van der Waals surface area (Å²) < 4.78 is 10.1. The minimum absolute atomic E-state index is 0.0226. The van der Waals surface area contributed by atoms with Gasteiger partial charge in [-0.2, -0.15) is 0 Å². The number of aliphatic hydroxyl groups excluding tert-OH is 1. The second kappa shape index (κ2) is 10.4. The summed E-state index contributed by atoms with van der Waals surface area (Å²) >= 11 is 0. The van der Waals surface area contributed by atoms with Crippen LogP contribution in [0.2, 0.25) is 0 Å². The molecule has 0 bridgehead atoms. The van der Waals surface area contributed by atoms with Gasteiger partial charge >= 0.3 is 5.97 Å². The molecule has 3 aromatic carbocycles. The van der Waals surface area contributed by atoms with Crippen molar-refractivity contribution >= 4 is 29.1 Å². The quantitative estimate of drug-likeness (QED) is 0.223. The number of anilines is 1. The fourth-order valence-electron chi connectivity index (χ4n) is 4.12. The number of amides is 1. The first-order valence-corrected chi connectivity index (χ1v) is 11.3. The molecule has 1 aliphatic heterocycles. The lowest BCUT2D eigenvalue weighted by Crippen LogP contribution is -2.29. The molecule has 1 atom stereocenters. The molecule has 8 heteroatoms. The van der Waals surface area contributed by atoms with Gasteiger partial charge in [0.05, 0.1) is 31.8 Å². The van der Waals surface area contributed by atoms with Crippen molar-refractivity contribution in [1.82, 2.24) is 0 Å². The molecule has 1 saturated heterocycles. The highest BCUT2D eigenvalue weighted by Crippen LogP contribution is 2.42. The highest BCUT2D eigenvalue weighted by Gasteiger charge is 2.47. The van der Waals surface area contributed by atoms with Crippen molar-refractivity contribution in [3.05, 3.63) is 95.1 Å². The molecule has 0 spiro atoms. The highest BCUT2D eigenvalue weighted by molar-refractivity contribution is 6.51. The number of carbonyl (C=O) groups is 3. The zero-order valence-electron chi connectivity index (χ0n) is 19.8. The number of benzene rings is 3. The van der Waals surface area contributed by atoms with E-state index in [1.165, 1.54) is 24.1 Å². The maximum atomic E-state index is 13.2. The summed E-state index contributed by atoms with van der Waals surface area (Å²) in [6, 6.07) is 18.3. The number of phenols is 1. The molecular weight excluding hydrogens is 462 g/mol. The number of esters is 1. The summed E-state index contributed by atoms with van der Waals surface area (Å²) in [5.74, 6) is -1.73. The first kappa shape index (κ1) is 24.5. The van der Waals surface area contributed by atoms with Crippen molar-refractivity contribution < 1.29 is 34.1 Å². The Bertz CT molecular complexity index is 1310. The van der Waals surface area contributed by atoms with Crippen LogP contribution in [0.25, 0.3) is 5.76 Å². The molecule has 1 unspecified atom stereocenters. The fraction of sp³-hybridized carbons (Fsp3) is 0.179. The lowest BCUT2D eigenvalue weighted by atomic mass is 9.95. The monoisotopic (exact) mass is 487 g/mol. The lowest BCUT2D eigenvalue weighted by molar-refractivity contribution is -0.139. The van der Waals surface area contributed by atoms with Gasteiger partial charge in [-0.3, -0.25) is 19.3 Å². The van der Waals surface area contributed by atoms with Crippen LogP contribution < -0.4 is 9.64 Å². The molecule has 8 nitrogen and oxygen atoms in total. The highest BCUT2D eigenvalue weighted by atomic mass is 16.5. The van der Waals surface area contributed by atoms with E-state index in [1.54, 1.807) is 60.7 Å². The van der Waals surface area contributed by atoms with E-state index in [-0.39, 0.29) is 23.5 Å². The lowest BCUT2D eigenvalue weighted by Gasteiger charge is -2.25. The third-order valence-corrected chi connectivity index (χ3v) is 5.88. The second-order valence-electron chi connectivity index (χ2n) is 8.14. The number of methoxy groups -OCH3 is 1. The molecule has 0 aliphatic carbocycles. The Balaban J connectivity index is 1.81. The largest absolute Gasteiger partial charge is 0.508 e. The molecule has 184 valence electrons. The van der Waals surface area contributed by atoms with Crippen LogP contribution in [0.1, 0.15) is 29.7 Å². The summed E-state index contributed by atoms with van der Waals surface area (Å²) in [6.07, 6.45) is 0.0642. The van der Waals surface area contributed by atoms with Crippen LogP contribution in [-0.2, 0) is 25.5 Å². The SMILES string of the molecule is CCOc1ccc(/C(O)=C2\C(=O)C(=O)N(c3ccc(CC(=O)OC)cc3)C2c2ccc(O)cc2)cc1. The Morgan fingerprint density at radius 3 is 2.17 bits per heavy atom. The number of Topliss-reactive ketones (excluding diaryl/α,β-unsaturated/α-hetero) is 1. The molecule has 1 fully saturated rings. The van der Waals surface area contributed by atoms with E-state index in [1.807, 2.05) is 6.92 Å². The van der Waals surface area contributed by atoms with E-state index in [0.717, 1.165) is 0 Å². The predicted molar refractivity (Wildman–Crippen MR) is 133 cm³/mol. The van der Waals surface area contributed by atoms with Crippen molar-refractivity contribution in [2.45, 2.75) is 19.4 Å². The van der Waals surface area contributed by atoms with Crippen LogP contribution in [0.3, 0.4) is 0 Å². The van der Waals surface area contributed by atoms with Crippen molar-refractivity contribution in [3.63, 3.8) is 0 Å². The number of rotatable bonds is 7. The van der Waals surface area contributed by atoms with Gasteiger partial charge in [0, 0.05) is 11.3 Å². The minimum Gasteiger partial charge on any atom is -0.508 e. The number of ether oxygens (including phenoxy) is 2. The molecule has 2 N–H and O–H groups in total. The third-order valence-electron chi connectivity index (χ3n) is 5.88. The van der Waals surface area contributed by atoms with Gasteiger partial charge in [-0.1, -0.05) is 24.3 Å². The van der Waals surface area contributed by atoms with Crippen molar-refractivity contribution in [1.29, 1.82) is 0 Å². The number of nitrogens with zero attached hydrogens (tertiary/aromatic N) is 1. The van der Waals surface area contributed by atoms with E-state index >= 15 is 0 Å². The maximum Gasteiger partial charge on any atom is 0.309 e. The van der Waals surface area contributed by atoms with Gasteiger partial charge < -0.3 is 19.7 Å². The van der Waals surface area contributed by atoms with E-state index in [4.69, 9.17) is 9.47 Å². The summed E-state index contributed by atoms with van der Waals surface area (Å²) in [4.78, 5) is 39.4. The molecular formula is C28H25NO7. The van der Waals surface area contributed by atoms with Crippen LogP contribution in [0.15, 0.2) is 78.4 Å². The van der Waals surface area contributed by atoms with Gasteiger partial charge in [0.15, 0.2) is 0 Å². The Morgan fingerprint density at radius 2 is 1.58 bits per heavy atom. The first-order chi connectivity index (χ1) is 17.3. The smallest absolute Gasteiger partial charge is 0.309 e. The van der Waals surface area contributed by atoms with Gasteiger partial charge in [-0.15, -0.1) is 0 Å². The normalized spacial score (nSPS) is 16.7. The molecule has 1 amide bonds. The Morgan fingerprint density at radius 1 is 0.944 bits per heavy atom. The van der Waals surface area contributed by atoms with Gasteiger partial charge in [0.2, 0.25) is 0 Å². The number of ketones is 1. The Hall–Kier alpha value is -4.59. The summed E-state index contributed by atoms with van der Waals surface area (Å²) in [5.41, 5.74) is 1.90. The van der Waals surface area contributed by atoms with Crippen molar-refractivity contribution in [2.24, 2.45) is 0 Å². The molecule has 0 aromatic heterocycles. The average Bonchev–Trinajstić information content (AvgIpc) is 3.15. The van der Waals surface area contributed by atoms with Gasteiger partial charge in [-0.05, 0) is 66.6 Å². The zero-order valence-corrected chi connectivity index (χ0v) is 19.8. The third kappa shape index (κ3) is 4.79. The maximum absolute atomic E-state index is 13.2. The number of hydrogen-bond acceptors (Lipinski definition) is 7. The van der Waals surface area contributed by atoms with Gasteiger partial charge in [0.25, 0.3) is 11.7 Å². The van der Waals surface area contributed by atoms with E-state index in [0.29, 0.717) is 34.7 Å². The first-order valence-electron chi connectivity index (χ1n) is 11.3. The van der Waals surface area contributed by atoms with Crippen LogP contribution in [-0.4, -0.2) is 41.6 Å². The van der Waals surface area contributed by atoms with Crippen LogP contribution in [0.5, 0.6) is 11.5 Å². The Kier molecular flexibility index (Phi) is 7.05. The van der Waals surface area contributed by atoms with Gasteiger partial charge in [0.1, 0.15) is 17.3 Å². The molecule has 1 heterocycles. The number of hydrogen-bond donors (Lipinski definition) is 2. The van der Waals surface area contributed by atoms with Gasteiger partial charge in [-0.25, -0.2) is 0 Å². The molecule has 0 saturated carbocycles. The molecule has 0 radical (unpaired) electrons. The van der Waals surface area contributed by atoms with Crippen LogP contribution in [0.4, 0.5) is 5.69 Å². The predicted octanol–water partition coefficient (Wildman–Crippen LogP) is 4.13. The van der Waals surface area contributed by atoms with Crippen LogP contribution in [0, 0.1) is 0 Å². The topological polar surface area (TPSA) is 113 Å². The summed E-state index contributed by atoms with van der Waals surface area (Å²) in [7, 11) is 1.30. The number of aromatic hydroxyl groups is 1.